The summed E-state index contributed by atoms with van der Waals surface area (Å²) in [5.41, 5.74) is 7.37. The van der Waals surface area contributed by atoms with Gasteiger partial charge in [-0.3, -0.25) is 9.59 Å². The van der Waals surface area contributed by atoms with Crippen molar-refractivity contribution in [2.45, 2.75) is 19.8 Å². The first kappa shape index (κ1) is 15.0. The highest BCUT2D eigenvalue weighted by Gasteiger charge is 2.12. The van der Waals surface area contributed by atoms with Gasteiger partial charge in [-0.1, -0.05) is 12.1 Å². The van der Waals surface area contributed by atoms with Crippen LogP contribution >= 0.6 is 0 Å². The third-order valence-electron chi connectivity index (χ3n) is 2.79. The van der Waals surface area contributed by atoms with Crippen molar-refractivity contribution in [3.63, 3.8) is 0 Å². The lowest BCUT2D eigenvalue weighted by atomic mass is 10.1. The molecule has 0 aliphatic rings. The van der Waals surface area contributed by atoms with Crippen LogP contribution in [0.1, 0.15) is 18.9 Å². The van der Waals surface area contributed by atoms with Gasteiger partial charge < -0.3 is 16.0 Å². The van der Waals surface area contributed by atoms with Crippen LogP contribution in [0, 0.1) is 0 Å². The third-order valence-corrected chi connectivity index (χ3v) is 2.79. The Kier molecular flexibility index (Phi) is 5.85. The molecule has 2 amide bonds. The Bertz CT molecular complexity index is 429. The van der Waals surface area contributed by atoms with Crippen LogP contribution in [0.5, 0.6) is 0 Å². The molecule has 0 fully saturated rings. The number of hydrogen-bond donors (Lipinski definition) is 2. The van der Waals surface area contributed by atoms with Crippen LogP contribution in [0.3, 0.4) is 0 Å². The van der Waals surface area contributed by atoms with Gasteiger partial charge in [0.15, 0.2) is 0 Å². The molecule has 1 rings (SSSR count). The van der Waals surface area contributed by atoms with E-state index in [9.17, 15) is 9.59 Å². The van der Waals surface area contributed by atoms with E-state index in [1.54, 1.807) is 7.05 Å². The molecule has 0 bridgehead atoms. The fourth-order valence-electron chi connectivity index (χ4n) is 1.68. The predicted molar refractivity (Wildman–Crippen MR) is 75.5 cm³/mol. The van der Waals surface area contributed by atoms with Crippen LogP contribution in [-0.2, 0) is 16.0 Å². The molecule has 104 valence electrons. The average Bonchev–Trinajstić information content (AvgIpc) is 2.37. The Morgan fingerprint density at radius 3 is 2.47 bits per heavy atom. The molecule has 0 atom stereocenters. The maximum absolute atomic E-state index is 11.8. The summed E-state index contributed by atoms with van der Waals surface area (Å²) in [5, 5.41) is 2.66. The van der Waals surface area contributed by atoms with E-state index in [0.29, 0.717) is 25.1 Å². The normalized spacial score (nSPS) is 10.0. The lowest BCUT2D eigenvalue weighted by Gasteiger charge is -2.16. The zero-order chi connectivity index (χ0) is 14.3. The number of carbonyl (C=O) groups excluding carboxylic acids is 2. The largest absolute Gasteiger partial charge is 0.399 e. The Hall–Kier alpha value is -2.04. The van der Waals surface area contributed by atoms with E-state index in [2.05, 4.69) is 5.32 Å². The monoisotopic (exact) mass is 263 g/mol. The molecular formula is C14H21N3O2. The van der Waals surface area contributed by atoms with E-state index in [1.165, 1.54) is 4.90 Å². The fourth-order valence-corrected chi connectivity index (χ4v) is 1.68. The highest BCUT2D eigenvalue weighted by molar-refractivity contribution is 5.84. The zero-order valence-corrected chi connectivity index (χ0v) is 11.5. The zero-order valence-electron chi connectivity index (χ0n) is 11.5. The first-order valence-electron chi connectivity index (χ1n) is 6.38. The van der Waals surface area contributed by atoms with Gasteiger partial charge in [0.2, 0.25) is 11.8 Å². The van der Waals surface area contributed by atoms with Crippen LogP contribution in [0.2, 0.25) is 0 Å². The van der Waals surface area contributed by atoms with E-state index in [0.717, 1.165) is 5.56 Å². The summed E-state index contributed by atoms with van der Waals surface area (Å²) in [6, 6.07) is 7.45. The molecule has 0 aliphatic carbocycles. The topological polar surface area (TPSA) is 75.4 Å². The van der Waals surface area contributed by atoms with E-state index < -0.39 is 0 Å². The van der Waals surface area contributed by atoms with Gasteiger partial charge in [-0.2, -0.15) is 0 Å². The fraction of sp³-hybridized carbons (Fsp3) is 0.429. The minimum absolute atomic E-state index is 0.0388. The molecule has 1 aromatic rings. The molecule has 0 radical (unpaired) electrons. The summed E-state index contributed by atoms with van der Waals surface area (Å²) in [4.78, 5) is 24.6. The lowest BCUT2D eigenvalue weighted by Crippen LogP contribution is -2.38. The van der Waals surface area contributed by atoms with Crippen molar-refractivity contribution >= 4 is 17.5 Å². The van der Waals surface area contributed by atoms with Gasteiger partial charge in [0, 0.05) is 25.7 Å². The number of nitrogens with two attached hydrogens (primary N) is 1. The number of amides is 2. The van der Waals surface area contributed by atoms with E-state index in [4.69, 9.17) is 5.73 Å². The molecular weight excluding hydrogens is 242 g/mol. The van der Waals surface area contributed by atoms with E-state index in [-0.39, 0.29) is 18.4 Å². The lowest BCUT2D eigenvalue weighted by molar-refractivity contribution is -0.134. The van der Waals surface area contributed by atoms with Gasteiger partial charge in [0.1, 0.15) is 0 Å². The minimum Gasteiger partial charge on any atom is -0.399 e. The van der Waals surface area contributed by atoms with Gasteiger partial charge in [-0.05, 0) is 31.0 Å². The van der Waals surface area contributed by atoms with Crippen LogP contribution in [0.4, 0.5) is 5.69 Å². The average molecular weight is 263 g/mol. The molecule has 0 aliphatic heterocycles. The molecule has 19 heavy (non-hydrogen) atoms. The number of rotatable bonds is 6. The number of aryl methyl sites for hydroxylation is 1. The number of nitrogen functional groups attached to an aromatic ring is 1. The van der Waals surface area contributed by atoms with E-state index in [1.807, 2.05) is 31.2 Å². The highest BCUT2D eigenvalue weighted by atomic mass is 16.2. The Morgan fingerprint density at radius 1 is 1.26 bits per heavy atom. The Morgan fingerprint density at radius 2 is 1.89 bits per heavy atom. The van der Waals surface area contributed by atoms with Gasteiger partial charge in [0.25, 0.3) is 0 Å². The summed E-state index contributed by atoms with van der Waals surface area (Å²) in [6.45, 7) is 2.53. The van der Waals surface area contributed by atoms with Crippen molar-refractivity contribution in [3.05, 3.63) is 29.8 Å². The molecule has 5 heteroatoms. The van der Waals surface area contributed by atoms with Crippen molar-refractivity contribution < 1.29 is 9.59 Å². The van der Waals surface area contributed by atoms with Gasteiger partial charge in [-0.25, -0.2) is 0 Å². The summed E-state index contributed by atoms with van der Waals surface area (Å²) in [7, 11) is 1.64. The van der Waals surface area contributed by atoms with Crippen molar-refractivity contribution in [2.75, 3.05) is 25.9 Å². The van der Waals surface area contributed by atoms with Crippen molar-refractivity contribution in [1.82, 2.24) is 10.2 Å². The molecule has 0 saturated carbocycles. The molecule has 5 nitrogen and oxygen atoms in total. The Labute approximate surface area is 113 Å². The number of likely N-dealkylation sites (N-methyl/N-ethyl adjacent to an activating group) is 2. The van der Waals surface area contributed by atoms with E-state index >= 15 is 0 Å². The molecule has 1 aromatic carbocycles. The molecule has 0 spiro atoms. The minimum atomic E-state index is -0.133. The van der Waals surface area contributed by atoms with Crippen molar-refractivity contribution in [2.24, 2.45) is 0 Å². The highest BCUT2D eigenvalue weighted by Crippen LogP contribution is 2.08. The van der Waals surface area contributed by atoms with Crippen molar-refractivity contribution in [1.29, 1.82) is 0 Å². The number of anilines is 1. The maximum atomic E-state index is 11.8. The second kappa shape index (κ2) is 7.41. The molecule has 0 saturated heterocycles. The number of nitrogens with one attached hydrogen (secondary N) is 1. The molecule has 0 aromatic heterocycles. The van der Waals surface area contributed by atoms with Gasteiger partial charge in [0.05, 0.1) is 6.54 Å². The molecule has 0 heterocycles. The maximum Gasteiger partial charge on any atom is 0.239 e. The summed E-state index contributed by atoms with van der Waals surface area (Å²) in [5.74, 6) is -0.172. The third kappa shape index (κ3) is 5.42. The summed E-state index contributed by atoms with van der Waals surface area (Å²) < 4.78 is 0. The van der Waals surface area contributed by atoms with Gasteiger partial charge >= 0.3 is 0 Å². The van der Waals surface area contributed by atoms with Crippen molar-refractivity contribution in [3.8, 4) is 0 Å². The summed E-state index contributed by atoms with van der Waals surface area (Å²) in [6.07, 6.45) is 1.04. The molecule has 3 N–H and O–H groups in total. The van der Waals surface area contributed by atoms with Gasteiger partial charge in [-0.15, -0.1) is 0 Å². The summed E-state index contributed by atoms with van der Waals surface area (Å²) >= 11 is 0. The first-order chi connectivity index (χ1) is 9.02. The van der Waals surface area contributed by atoms with Crippen LogP contribution < -0.4 is 11.1 Å². The first-order valence-corrected chi connectivity index (χ1v) is 6.38. The second-order valence-corrected chi connectivity index (χ2v) is 4.44. The quantitative estimate of drug-likeness (QED) is 0.745. The number of hydrogen-bond acceptors (Lipinski definition) is 3. The predicted octanol–water partition coefficient (Wildman–Crippen LogP) is 0.796. The SMILES string of the molecule is CCNC(=O)CN(C)C(=O)CCc1ccc(N)cc1. The standard InChI is InChI=1S/C14H21N3O2/c1-3-16-13(18)10-17(2)14(19)9-6-11-4-7-12(15)8-5-11/h4-5,7-8H,3,6,9-10,15H2,1-2H3,(H,16,18). The smallest absolute Gasteiger partial charge is 0.239 e. The number of benzene rings is 1. The number of nitrogens with zero attached hydrogens (tertiary/aromatic N) is 1. The van der Waals surface area contributed by atoms with Crippen LogP contribution in [0.15, 0.2) is 24.3 Å². The van der Waals surface area contributed by atoms with Crippen LogP contribution in [-0.4, -0.2) is 36.9 Å². The molecule has 0 unspecified atom stereocenters. The Balaban J connectivity index is 2.38. The number of carbonyl (C=O) groups is 2. The second-order valence-electron chi connectivity index (χ2n) is 4.44. The van der Waals surface area contributed by atoms with Crippen LogP contribution in [0.25, 0.3) is 0 Å².